The molecule has 0 spiro atoms. The molecule has 2 N–H and O–H groups in total. The van der Waals surface area contributed by atoms with Gasteiger partial charge < -0.3 is 20.0 Å². The highest BCUT2D eigenvalue weighted by Crippen LogP contribution is 2.16. The van der Waals surface area contributed by atoms with Crippen molar-refractivity contribution in [2.75, 3.05) is 13.7 Å². The fourth-order valence-electron chi connectivity index (χ4n) is 1.53. The van der Waals surface area contributed by atoms with Gasteiger partial charge in [0, 0.05) is 19.4 Å². The van der Waals surface area contributed by atoms with Crippen molar-refractivity contribution in [3.63, 3.8) is 0 Å². The van der Waals surface area contributed by atoms with Gasteiger partial charge in [0.05, 0.1) is 13.2 Å². The number of Topliss-reactive ketones (excluding diaryl/α,β-unsaturated/α-hetero) is 1. The van der Waals surface area contributed by atoms with E-state index in [4.69, 9.17) is 4.74 Å². The average molecular weight is 265 g/mol. The second kappa shape index (κ2) is 7.53. The summed E-state index contributed by atoms with van der Waals surface area (Å²) in [4.78, 5) is 22.1. The van der Waals surface area contributed by atoms with E-state index in [1.165, 1.54) is 6.92 Å². The summed E-state index contributed by atoms with van der Waals surface area (Å²) in [6, 6.07) is 6.97. The molecule has 0 fully saturated rings. The summed E-state index contributed by atoms with van der Waals surface area (Å²) in [6.07, 6.45) is -0.387. The first kappa shape index (κ1) is 15.2. The molecular weight excluding hydrogens is 246 g/mol. The Morgan fingerprint density at radius 2 is 1.89 bits per heavy atom. The van der Waals surface area contributed by atoms with Crippen molar-refractivity contribution in [3.05, 3.63) is 29.8 Å². The third-order valence-corrected chi connectivity index (χ3v) is 2.70. The Bertz CT molecular complexity index is 428. The lowest BCUT2D eigenvalue weighted by molar-refractivity contribution is -0.124. The van der Waals surface area contributed by atoms with Crippen LogP contribution in [0.15, 0.2) is 24.3 Å². The number of aliphatic hydroxyl groups excluding tert-OH is 1. The molecule has 1 amide bonds. The lowest BCUT2D eigenvalue weighted by Crippen LogP contribution is -2.28. The molecule has 0 radical (unpaired) electrons. The largest absolute Gasteiger partial charge is 0.497 e. The van der Waals surface area contributed by atoms with E-state index in [-0.39, 0.29) is 31.1 Å². The van der Waals surface area contributed by atoms with E-state index in [9.17, 15) is 14.7 Å². The van der Waals surface area contributed by atoms with Crippen molar-refractivity contribution in [2.24, 2.45) is 0 Å². The number of amides is 1. The minimum absolute atomic E-state index is 0.0224. The van der Waals surface area contributed by atoms with Gasteiger partial charge in [-0.1, -0.05) is 12.1 Å². The van der Waals surface area contributed by atoms with Crippen LogP contribution in [0.1, 0.15) is 31.4 Å². The quantitative estimate of drug-likeness (QED) is 0.777. The number of nitrogens with one attached hydrogen (secondary N) is 1. The molecule has 1 aromatic carbocycles. The summed E-state index contributed by atoms with van der Waals surface area (Å²) in [6.45, 7) is 1.57. The second-order valence-corrected chi connectivity index (χ2v) is 4.30. The molecule has 1 unspecified atom stereocenters. The second-order valence-electron chi connectivity index (χ2n) is 4.30. The fourth-order valence-corrected chi connectivity index (χ4v) is 1.53. The zero-order valence-electron chi connectivity index (χ0n) is 11.2. The number of hydrogen-bond acceptors (Lipinski definition) is 4. The minimum atomic E-state index is -0.771. The maximum atomic E-state index is 11.4. The zero-order chi connectivity index (χ0) is 14.3. The third-order valence-electron chi connectivity index (χ3n) is 2.70. The molecular formula is C14H19NO4. The molecule has 1 aromatic rings. The van der Waals surface area contributed by atoms with Gasteiger partial charge in [-0.15, -0.1) is 0 Å². The lowest BCUT2D eigenvalue weighted by Gasteiger charge is -2.12. The van der Waals surface area contributed by atoms with Crippen LogP contribution in [0.5, 0.6) is 5.75 Å². The van der Waals surface area contributed by atoms with Crippen LogP contribution in [0, 0.1) is 0 Å². The van der Waals surface area contributed by atoms with E-state index < -0.39 is 6.10 Å². The molecule has 5 heteroatoms. The van der Waals surface area contributed by atoms with Crippen LogP contribution < -0.4 is 10.1 Å². The van der Waals surface area contributed by atoms with E-state index in [1.54, 1.807) is 31.4 Å². The van der Waals surface area contributed by atoms with E-state index in [2.05, 4.69) is 5.32 Å². The summed E-state index contributed by atoms with van der Waals surface area (Å²) in [7, 11) is 1.57. The van der Waals surface area contributed by atoms with Gasteiger partial charge in [0.1, 0.15) is 11.5 Å². The molecule has 0 aliphatic heterocycles. The summed E-state index contributed by atoms with van der Waals surface area (Å²) in [5.41, 5.74) is 0.702. The van der Waals surface area contributed by atoms with Crippen LogP contribution in [0.25, 0.3) is 0 Å². The van der Waals surface area contributed by atoms with E-state index in [0.717, 1.165) is 0 Å². The average Bonchev–Trinajstić information content (AvgIpc) is 2.42. The van der Waals surface area contributed by atoms with Gasteiger partial charge >= 0.3 is 0 Å². The molecule has 0 saturated carbocycles. The molecule has 0 aliphatic rings. The predicted octanol–water partition coefficient (Wildman–Crippen LogP) is 1.21. The lowest BCUT2D eigenvalue weighted by atomic mass is 10.1. The predicted molar refractivity (Wildman–Crippen MR) is 70.9 cm³/mol. The number of ketones is 1. The normalized spacial score (nSPS) is 11.7. The molecule has 1 atom stereocenters. The first-order valence-corrected chi connectivity index (χ1v) is 6.11. The maximum Gasteiger partial charge on any atom is 0.220 e. The van der Waals surface area contributed by atoms with Gasteiger partial charge in [0.2, 0.25) is 5.91 Å². The Kier molecular flexibility index (Phi) is 6.02. The number of rotatable bonds is 7. The minimum Gasteiger partial charge on any atom is -0.497 e. The van der Waals surface area contributed by atoms with Crippen LogP contribution in [0.2, 0.25) is 0 Å². The van der Waals surface area contributed by atoms with Crippen molar-refractivity contribution in [1.29, 1.82) is 0 Å². The molecule has 0 aromatic heterocycles. The van der Waals surface area contributed by atoms with Gasteiger partial charge in [0.15, 0.2) is 0 Å². The molecule has 0 heterocycles. The maximum absolute atomic E-state index is 11.4. The van der Waals surface area contributed by atoms with Crippen molar-refractivity contribution in [3.8, 4) is 5.75 Å². The fraction of sp³-hybridized carbons (Fsp3) is 0.429. The molecule has 0 bridgehead atoms. The number of hydrogen-bond donors (Lipinski definition) is 2. The van der Waals surface area contributed by atoms with Crippen molar-refractivity contribution >= 4 is 11.7 Å². The molecule has 1 rings (SSSR count). The zero-order valence-corrected chi connectivity index (χ0v) is 11.2. The standard InChI is InChI=1S/C14H19NO4/c1-10(16)3-8-14(18)15-9-13(17)11-4-6-12(19-2)7-5-11/h4-7,13,17H,3,8-9H2,1-2H3,(H,15,18). The highest BCUT2D eigenvalue weighted by molar-refractivity contribution is 5.83. The van der Waals surface area contributed by atoms with E-state index >= 15 is 0 Å². The first-order valence-electron chi connectivity index (χ1n) is 6.11. The Morgan fingerprint density at radius 1 is 1.26 bits per heavy atom. The summed E-state index contributed by atoms with van der Waals surface area (Å²) < 4.78 is 5.02. The summed E-state index contributed by atoms with van der Waals surface area (Å²) in [5, 5.41) is 12.5. The molecule has 0 saturated heterocycles. The van der Waals surface area contributed by atoms with Crippen LogP contribution in [-0.2, 0) is 9.59 Å². The van der Waals surface area contributed by atoms with Gasteiger partial charge in [-0.3, -0.25) is 4.79 Å². The van der Waals surface area contributed by atoms with Crippen molar-refractivity contribution in [1.82, 2.24) is 5.32 Å². The first-order chi connectivity index (χ1) is 9.02. The van der Waals surface area contributed by atoms with Crippen LogP contribution in [0.4, 0.5) is 0 Å². The summed E-state index contributed by atoms with van der Waals surface area (Å²) >= 11 is 0. The van der Waals surface area contributed by atoms with Crippen LogP contribution >= 0.6 is 0 Å². The number of aliphatic hydroxyl groups is 1. The number of carbonyl (C=O) groups excluding carboxylic acids is 2. The Balaban J connectivity index is 2.39. The monoisotopic (exact) mass is 265 g/mol. The van der Waals surface area contributed by atoms with E-state index in [1.807, 2.05) is 0 Å². The molecule has 104 valence electrons. The van der Waals surface area contributed by atoms with Crippen LogP contribution in [0.3, 0.4) is 0 Å². The Morgan fingerprint density at radius 3 is 2.42 bits per heavy atom. The summed E-state index contributed by atoms with van der Waals surface area (Å²) in [5.74, 6) is 0.454. The SMILES string of the molecule is COc1ccc(C(O)CNC(=O)CCC(C)=O)cc1. The Labute approximate surface area is 112 Å². The van der Waals surface area contributed by atoms with Gasteiger partial charge in [0.25, 0.3) is 0 Å². The van der Waals surface area contributed by atoms with Gasteiger partial charge in [-0.25, -0.2) is 0 Å². The third kappa shape index (κ3) is 5.52. The van der Waals surface area contributed by atoms with Crippen molar-refractivity contribution in [2.45, 2.75) is 25.9 Å². The Hall–Kier alpha value is -1.88. The number of benzene rings is 1. The molecule has 0 aliphatic carbocycles. The molecule has 5 nitrogen and oxygen atoms in total. The highest BCUT2D eigenvalue weighted by atomic mass is 16.5. The topological polar surface area (TPSA) is 75.6 Å². The highest BCUT2D eigenvalue weighted by Gasteiger charge is 2.10. The van der Waals surface area contributed by atoms with E-state index in [0.29, 0.717) is 11.3 Å². The molecule has 19 heavy (non-hydrogen) atoms. The van der Waals surface area contributed by atoms with Gasteiger partial charge in [-0.05, 0) is 24.6 Å². The van der Waals surface area contributed by atoms with Crippen LogP contribution in [-0.4, -0.2) is 30.5 Å². The smallest absolute Gasteiger partial charge is 0.220 e. The van der Waals surface area contributed by atoms with Crippen molar-refractivity contribution < 1.29 is 19.4 Å². The number of carbonyl (C=O) groups is 2. The number of ether oxygens (including phenoxy) is 1. The van der Waals surface area contributed by atoms with Gasteiger partial charge in [-0.2, -0.15) is 0 Å². The number of methoxy groups -OCH3 is 1.